The highest BCUT2D eigenvalue weighted by Crippen LogP contribution is 2.32. The summed E-state index contributed by atoms with van der Waals surface area (Å²) in [4.78, 5) is 10.5. The Bertz CT molecular complexity index is 1010. The molecule has 1 aliphatic heterocycles. The molecule has 150 valence electrons. The topological polar surface area (TPSA) is 99.0 Å². The second-order valence-corrected chi connectivity index (χ2v) is 8.50. The Labute approximate surface area is 163 Å². The molecular formula is C19H22N2O6S. The molecule has 3 rings (SSSR count). The first-order valence-corrected chi connectivity index (χ1v) is 10.3. The van der Waals surface area contributed by atoms with E-state index in [0.29, 0.717) is 22.6 Å². The highest BCUT2D eigenvalue weighted by Gasteiger charge is 2.32. The molecule has 0 aromatic heterocycles. The van der Waals surface area contributed by atoms with Gasteiger partial charge < -0.3 is 9.47 Å². The number of nitrogens with zero attached hydrogens (tertiary/aromatic N) is 2. The van der Waals surface area contributed by atoms with Crippen molar-refractivity contribution in [2.45, 2.75) is 31.8 Å². The maximum absolute atomic E-state index is 13.2. The van der Waals surface area contributed by atoms with Crippen molar-refractivity contribution >= 4 is 15.7 Å². The number of sulfonamides is 1. The first kappa shape index (κ1) is 20.1. The molecule has 1 atom stereocenters. The van der Waals surface area contributed by atoms with E-state index in [1.54, 1.807) is 32.9 Å². The molecule has 0 bridgehead atoms. The average Bonchev–Trinajstić information content (AvgIpc) is 2.67. The third-order valence-electron chi connectivity index (χ3n) is 4.76. The molecule has 0 spiro atoms. The summed E-state index contributed by atoms with van der Waals surface area (Å²) in [5.74, 6) is 1.18. The lowest BCUT2D eigenvalue weighted by Gasteiger charge is -2.30. The first-order chi connectivity index (χ1) is 13.2. The van der Waals surface area contributed by atoms with Crippen LogP contribution < -0.4 is 9.47 Å². The largest absolute Gasteiger partial charge is 0.486 e. The maximum Gasteiger partial charge on any atom is 0.271 e. The number of fused-ring (bicyclic) bond motifs is 1. The molecular weight excluding hydrogens is 384 g/mol. The summed E-state index contributed by atoms with van der Waals surface area (Å²) >= 11 is 0. The van der Waals surface area contributed by atoms with Gasteiger partial charge in [0.2, 0.25) is 10.0 Å². The summed E-state index contributed by atoms with van der Waals surface area (Å²) in [5.41, 5.74) is 0.800. The number of non-ortho nitro benzene ring substituents is 1. The van der Waals surface area contributed by atoms with E-state index in [-0.39, 0.29) is 30.3 Å². The zero-order valence-corrected chi connectivity index (χ0v) is 16.7. The van der Waals surface area contributed by atoms with Gasteiger partial charge in [0, 0.05) is 18.7 Å². The first-order valence-electron chi connectivity index (χ1n) is 8.88. The van der Waals surface area contributed by atoms with Crippen LogP contribution >= 0.6 is 0 Å². The Morgan fingerprint density at radius 1 is 1.21 bits per heavy atom. The standard InChI is InChI=1S/C19H22N2O6S/c1-4-20(11-16-12-26-17-7-5-6-8-18(17)27-16)28(24,25)19-10-15(21(22)23)9-13(2)14(19)3/h5-10,16H,4,11-12H2,1-3H3. The van der Waals surface area contributed by atoms with E-state index in [4.69, 9.17) is 9.47 Å². The third kappa shape index (κ3) is 3.81. The molecule has 28 heavy (non-hydrogen) atoms. The molecule has 0 N–H and O–H groups in total. The summed E-state index contributed by atoms with van der Waals surface area (Å²) in [7, 11) is -3.94. The molecule has 0 saturated carbocycles. The number of para-hydroxylation sites is 2. The van der Waals surface area contributed by atoms with Crippen LogP contribution in [0.5, 0.6) is 11.5 Å². The van der Waals surface area contributed by atoms with E-state index >= 15 is 0 Å². The fourth-order valence-electron chi connectivity index (χ4n) is 3.10. The molecule has 0 aliphatic carbocycles. The van der Waals surface area contributed by atoms with Crippen molar-refractivity contribution < 1.29 is 22.8 Å². The summed E-state index contributed by atoms with van der Waals surface area (Å²) in [6.45, 7) is 5.52. The Kier molecular flexibility index (Phi) is 5.57. The van der Waals surface area contributed by atoms with Gasteiger partial charge in [0.1, 0.15) is 12.7 Å². The van der Waals surface area contributed by atoms with Crippen LogP contribution in [0.4, 0.5) is 5.69 Å². The number of hydrogen-bond donors (Lipinski definition) is 0. The molecule has 8 nitrogen and oxygen atoms in total. The monoisotopic (exact) mass is 406 g/mol. The Morgan fingerprint density at radius 3 is 2.54 bits per heavy atom. The van der Waals surface area contributed by atoms with Gasteiger partial charge in [-0.1, -0.05) is 19.1 Å². The Morgan fingerprint density at radius 2 is 1.89 bits per heavy atom. The summed E-state index contributed by atoms with van der Waals surface area (Å²) in [5, 5.41) is 11.2. The van der Waals surface area contributed by atoms with E-state index in [1.165, 1.54) is 10.4 Å². The zero-order chi connectivity index (χ0) is 20.5. The van der Waals surface area contributed by atoms with Crippen LogP contribution in [0, 0.1) is 24.0 Å². The van der Waals surface area contributed by atoms with Gasteiger partial charge in [-0.15, -0.1) is 0 Å². The van der Waals surface area contributed by atoms with E-state index in [0.717, 1.165) is 6.07 Å². The van der Waals surface area contributed by atoms with Crippen LogP contribution in [0.3, 0.4) is 0 Å². The van der Waals surface area contributed by atoms with Crippen molar-refractivity contribution in [3.05, 3.63) is 57.6 Å². The molecule has 1 unspecified atom stereocenters. The Hall–Kier alpha value is -2.65. The Balaban J connectivity index is 1.89. The van der Waals surface area contributed by atoms with Gasteiger partial charge >= 0.3 is 0 Å². The quantitative estimate of drug-likeness (QED) is 0.540. The molecule has 1 aliphatic rings. The smallest absolute Gasteiger partial charge is 0.271 e. The molecule has 1 heterocycles. The summed E-state index contributed by atoms with van der Waals surface area (Å²) in [6.07, 6.45) is -0.482. The average molecular weight is 406 g/mol. The van der Waals surface area contributed by atoms with E-state index in [2.05, 4.69) is 0 Å². The number of nitro benzene ring substituents is 1. The molecule has 2 aromatic rings. The van der Waals surface area contributed by atoms with Crippen LogP contribution in [0.15, 0.2) is 41.3 Å². The van der Waals surface area contributed by atoms with Crippen molar-refractivity contribution in [2.24, 2.45) is 0 Å². The van der Waals surface area contributed by atoms with Crippen LogP contribution in [0.25, 0.3) is 0 Å². The van der Waals surface area contributed by atoms with Crippen LogP contribution in [0.1, 0.15) is 18.1 Å². The minimum atomic E-state index is -3.94. The van der Waals surface area contributed by atoms with Gasteiger partial charge in [-0.05, 0) is 37.1 Å². The number of likely N-dealkylation sites (N-methyl/N-ethyl adjacent to an activating group) is 1. The number of hydrogen-bond acceptors (Lipinski definition) is 6. The molecule has 0 radical (unpaired) electrons. The van der Waals surface area contributed by atoms with Crippen LogP contribution in [-0.4, -0.2) is 43.4 Å². The van der Waals surface area contributed by atoms with E-state index in [9.17, 15) is 18.5 Å². The number of aryl methyl sites for hydroxylation is 1. The van der Waals surface area contributed by atoms with Gasteiger partial charge in [-0.2, -0.15) is 4.31 Å². The van der Waals surface area contributed by atoms with Crippen LogP contribution in [0.2, 0.25) is 0 Å². The minimum absolute atomic E-state index is 0.0572. The molecule has 0 amide bonds. The van der Waals surface area contributed by atoms with E-state index in [1.807, 2.05) is 12.1 Å². The minimum Gasteiger partial charge on any atom is -0.486 e. The number of ether oxygens (including phenoxy) is 2. The van der Waals surface area contributed by atoms with Crippen molar-refractivity contribution in [1.29, 1.82) is 0 Å². The molecule has 9 heteroatoms. The SMILES string of the molecule is CCN(CC1COc2ccccc2O1)S(=O)(=O)c1cc([N+](=O)[O-])cc(C)c1C. The number of benzene rings is 2. The second-order valence-electron chi connectivity index (χ2n) is 6.60. The third-order valence-corrected chi connectivity index (χ3v) is 6.83. The normalized spacial score (nSPS) is 16.2. The molecule has 2 aromatic carbocycles. The van der Waals surface area contributed by atoms with Crippen molar-refractivity contribution in [3.8, 4) is 11.5 Å². The lowest BCUT2D eigenvalue weighted by Crippen LogP contribution is -2.43. The molecule has 0 saturated heterocycles. The van der Waals surface area contributed by atoms with Crippen molar-refractivity contribution in [2.75, 3.05) is 19.7 Å². The van der Waals surface area contributed by atoms with Crippen molar-refractivity contribution in [1.82, 2.24) is 4.31 Å². The van der Waals surface area contributed by atoms with Gasteiger partial charge in [-0.3, -0.25) is 10.1 Å². The van der Waals surface area contributed by atoms with Gasteiger partial charge in [0.25, 0.3) is 5.69 Å². The lowest BCUT2D eigenvalue weighted by molar-refractivity contribution is -0.385. The fourth-order valence-corrected chi connectivity index (χ4v) is 4.90. The maximum atomic E-state index is 13.2. The lowest BCUT2D eigenvalue weighted by atomic mass is 10.1. The van der Waals surface area contributed by atoms with Gasteiger partial charge in [-0.25, -0.2) is 8.42 Å². The predicted molar refractivity (Wildman–Crippen MR) is 103 cm³/mol. The zero-order valence-electron chi connectivity index (χ0n) is 15.9. The highest BCUT2D eigenvalue weighted by atomic mass is 32.2. The van der Waals surface area contributed by atoms with Crippen LogP contribution in [-0.2, 0) is 10.0 Å². The number of nitro groups is 1. The van der Waals surface area contributed by atoms with Gasteiger partial charge in [0.05, 0.1) is 16.4 Å². The van der Waals surface area contributed by atoms with Crippen molar-refractivity contribution in [3.63, 3.8) is 0 Å². The van der Waals surface area contributed by atoms with E-state index < -0.39 is 21.1 Å². The second kappa shape index (κ2) is 7.76. The summed E-state index contributed by atoms with van der Waals surface area (Å²) < 4.78 is 39.3. The molecule has 0 fully saturated rings. The van der Waals surface area contributed by atoms with Gasteiger partial charge in [0.15, 0.2) is 11.5 Å². The predicted octanol–water partition coefficient (Wildman–Crippen LogP) is 3.06. The fraction of sp³-hybridized carbons (Fsp3) is 0.368. The highest BCUT2D eigenvalue weighted by molar-refractivity contribution is 7.89. The summed E-state index contributed by atoms with van der Waals surface area (Å²) in [6, 6.07) is 9.69. The number of rotatable bonds is 6.